The van der Waals surface area contributed by atoms with Gasteiger partial charge in [-0.25, -0.2) is 9.97 Å². The molecule has 0 bridgehead atoms. The molecule has 2 saturated heterocycles. The molecule has 2 fully saturated rings. The number of hydrogen-bond acceptors (Lipinski definition) is 6. The van der Waals surface area contributed by atoms with E-state index in [0.29, 0.717) is 19.8 Å². The van der Waals surface area contributed by atoms with Crippen LogP contribution in [0.1, 0.15) is 6.42 Å². The van der Waals surface area contributed by atoms with Crippen molar-refractivity contribution >= 4 is 27.9 Å². The zero-order valence-electron chi connectivity index (χ0n) is 12.0. The number of hydrogen-bond donors (Lipinski definition) is 0. The number of aromatic nitrogens is 2. The highest BCUT2D eigenvalue weighted by molar-refractivity contribution is 6.05. The topological polar surface area (TPSA) is 60.6 Å². The Morgan fingerprint density at radius 3 is 2.86 bits per heavy atom. The smallest absolute Gasteiger partial charge is 0.196 e. The van der Waals surface area contributed by atoms with Gasteiger partial charge in [-0.3, -0.25) is 0 Å². The van der Waals surface area contributed by atoms with E-state index in [1.54, 1.807) is 6.33 Å². The first-order valence-corrected chi connectivity index (χ1v) is 7.50. The fourth-order valence-corrected chi connectivity index (χ4v) is 3.40. The number of ether oxygens (including phenoxy) is 2. The Morgan fingerprint density at radius 2 is 1.95 bits per heavy atom. The number of fused-ring (bicyclic) bond motifs is 3. The van der Waals surface area contributed by atoms with E-state index in [1.807, 2.05) is 24.3 Å². The lowest BCUT2D eigenvalue weighted by Gasteiger charge is -2.22. The van der Waals surface area contributed by atoms with Crippen molar-refractivity contribution in [2.45, 2.75) is 12.2 Å². The van der Waals surface area contributed by atoms with Crippen molar-refractivity contribution in [2.24, 2.45) is 0 Å². The molecule has 2 aliphatic heterocycles. The maximum atomic E-state index is 6.00. The Labute approximate surface area is 126 Å². The number of para-hydroxylation sites is 1. The molecule has 0 amide bonds. The minimum absolute atomic E-state index is 0.469. The van der Waals surface area contributed by atoms with Gasteiger partial charge in [0, 0.05) is 18.4 Å². The predicted molar refractivity (Wildman–Crippen MR) is 80.8 cm³/mol. The second kappa shape index (κ2) is 4.41. The number of anilines is 1. The first kappa shape index (κ1) is 12.4. The highest BCUT2D eigenvalue weighted by atomic mass is 16.7. The molecule has 4 heterocycles. The van der Waals surface area contributed by atoms with Crippen LogP contribution in [0.2, 0.25) is 0 Å². The normalized spacial score (nSPS) is 20.6. The van der Waals surface area contributed by atoms with E-state index in [4.69, 9.17) is 13.9 Å². The Morgan fingerprint density at radius 1 is 1.09 bits per heavy atom. The van der Waals surface area contributed by atoms with Crippen molar-refractivity contribution in [3.8, 4) is 0 Å². The third kappa shape index (κ3) is 1.68. The molecule has 0 atom stereocenters. The van der Waals surface area contributed by atoms with Crippen molar-refractivity contribution in [1.82, 2.24) is 9.97 Å². The average Bonchev–Trinajstić information content (AvgIpc) is 3.27. The van der Waals surface area contributed by atoms with E-state index in [1.165, 1.54) is 0 Å². The van der Waals surface area contributed by atoms with E-state index in [2.05, 4.69) is 14.9 Å². The summed E-state index contributed by atoms with van der Waals surface area (Å²) in [5, 5.41) is 1.02. The number of nitrogens with zero attached hydrogens (tertiary/aromatic N) is 3. The van der Waals surface area contributed by atoms with E-state index in [-0.39, 0.29) is 0 Å². The summed E-state index contributed by atoms with van der Waals surface area (Å²) < 4.78 is 17.6. The molecule has 0 radical (unpaired) electrons. The van der Waals surface area contributed by atoms with Gasteiger partial charge in [-0.05, 0) is 12.1 Å². The molecule has 2 aliphatic rings. The van der Waals surface area contributed by atoms with Crippen molar-refractivity contribution < 1.29 is 13.9 Å². The molecule has 1 aromatic carbocycles. The summed E-state index contributed by atoms with van der Waals surface area (Å²) in [6, 6.07) is 7.93. The van der Waals surface area contributed by atoms with Crippen LogP contribution >= 0.6 is 0 Å². The highest BCUT2D eigenvalue weighted by Gasteiger charge is 2.44. The molecule has 5 rings (SSSR count). The number of rotatable bonds is 1. The number of benzene rings is 1. The van der Waals surface area contributed by atoms with Crippen molar-refractivity contribution in [3.05, 3.63) is 30.6 Å². The van der Waals surface area contributed by atoms with E-state index >= 15 is 0 Å². The summed E-state index contributed by atoms with van der Waals surface area (Å²) in [7, 11) is 0. The van der Waals surface area contributed by atoms with Crippen LogP contribution in [0.25, 0.3) is 22.1 Å². The molecule has 6 heteroatoms. The lowest BCUT2D eigenvalue weighted by Crippen LogP contribution is -2.34. The molecule has 0 unspecified atom stereocenters. The first-order chi connectivity index (χ1) is 10.8. The zero-order chi connectivity index (χ0) is 14.6. The molecule has 0 aliphatic carbocycles. The summed E-state index contributed by atoms with van der Waals surface area (Å²) in [6.07, 6.45) is 2.44. The van der Waals surface area contributed by atoms with Crippen LogP contribution in [0.5, 0.6) is 0 Å². The van der Waals surface area contributed by atoms with Gasteiger partial charge < -0.3 is 18.8 Å². The highest BCUT2D eigenvalue weighted by Crippen LogP contribution is 2.37. The van der Waals surface area contributed by atoms with Gasteiger partial charge in [0.05, 0.1) is 19.8 Å². The van der Waals surface area contributed by atoms with Crippen molar-refractivity contribution in [2.75, 3.05) is 31.2 Å². The SMILES string of the molecule is c1ccc2c(c1)oc1c(N3CCC4(C3)OCCO4)ncnc12. The molecule has 1 spiro atoms. The largest absolute Gasteiger partial charge is 0.450 e. The maximum Gasteiger partial charge on any atom is 0.196 e. The second-order valence-corrected chi connectivity index (χ2v) is 5.75. The van der Waals surface area contributed by atoms with Crippen LogP contribution in [0.15, 0.2) is 35.0 Å². The molecule has 2 aromatic heterocycles. The van der Waals surface area contributed by atoms with Gasteiger partial charge in [-0.2, -0.15) is 0 Å². The standard InChI is InChI=1S/C16H15N3O3/c1-2-4-12-11(3-1)13-14(22-12)15(18-10-17-13)19-6-5-16(9-19)20-7-8-21-16/h1-4,10H,5-9H2. The summed E-state index contributed by atoms with van der Waals surface area (Å²) in [4.78, 5) is 11.0. The van der Waals surface area contributed by atoms with E-state index in [9.17, 15) is 0 Å². The lowest BCUT2D eigenvalue weighted by atomic mass is 10.2. The summed E-state index contributed by atoms with van der Waals surface area (Å²) in [5.41, 5.74) is 2.43. The zero-order valence-corrected chi connectivity index (χ0v) is 12.0. The van der Waals surface area contributed by atoms with Crippen LogP contribution in [0.3, 0.4) is 0 Å². The molecule has 6 nitrogen and oxygen atoms in total. The molecule has 3 aromatic rings. The quantitative estimate of drug-likeness (QED) is 0.687. The summed E-state index contributed by atoms with van der Waals surface area (Å²) in [6.45, 7) is 2.84. The first-order valence-electron chi connectivity index (χ1n) is 7.50. The molecule has 0 N–H and O–H groups in total. The van der Waals surface area contributed by atoms with Gasteiger partial charge in [-0.15, -0.1) is 0 Å². The van der Waals surface area contributed by atoms with Crippen LogP contribution in [0, 0.1) is 0 Å². The lowest BCUT2D eigenvalue weighted by molar-refractivity contribution is -0.137. The van der Waals surface area contributed by atoms with Gasteiger partial charge in [0.25, 0.3) is 0 Å². The van der Waals surface area contributed by atoms with Crippen LogP contribution in [-0.4, -0.2) is 42.1 Å². The van der Waals surface area contributed by atoms with Gasteiger partial charge in [0.2, 0.25) is 0 Å². The predicted octanol–water partition coefficient (Wildman–Crippen LogP) is 2.33. The Hall–Kier alpha value is -2.18. The van der Waals surface area contributed by atoms with Gasteiger partial charge in [0.15, 0.2) is 17.2 Å². The minimum Gasteiger partial charge on any atom is -0.450 e. The Balaban J connectivity index is 1.63. The molecular formula is C16H15N3O3. The van der Waals surface area contributed by atoms with Gasteiger partial charge in [0.1, 0.15) is 17.4 Å². The maximum absolute atomic E-state index is 6.00. The summed E-state index contributed by atoms with van der Waals surface area (Å²) in [5.74, 6) is 0.348. The minimum atomic E-state index is -0.469. The van der Waals surface area contributed by atoms with Gasteiger partial charge >= 0.3 is 0 Å². The van der Waals surface area contributed by atoms with E-state index < -0.39 is 5.79 Å². The third-order valence-corrected chi connectivity index (χ3v) is 4.45. The van der Waals surface area contributed by atoms with E-state index in [0.717, 1.165) is 40.9 Å². The fraction of sp³-hybridized carbons (Fsp3) is 0.375. The Bertz CT molecular complexity index is 854. The monoisotopic (exact) mass is 297 g/mol. The Kier molecular flexibility index (Phi) is 2.48. The second-order valence-electron chi connectivity index (χ2n) is 5.75. The molecule has 0 saturated carbocycles. The van der Waals surface area contributed by atoms with Crippen LogP contribution in [0.4, 0.5) is 5.82 Å². The van der Waals surface area contributed by atoms with Crippen LogP contribution < -0.4 is 4.90 Å². The number of furan rings is 1. The average molecular weight is 297 g/mol. The fourth-order valence-electron chi connectivity index (χ4n) is 3.40. The van der Waals surface area contributed by atoms with Gasteiger partial charge in [-0.1, -0.05) is 12.1 Å². The molecular weight excluding hydrogens is 282 g/mol. The third-order valence-electron chi connectivity index (χ3n) is 4.45. The van der Waals surface area contributed by atoms with Crippen LogP contribution in [-0.2, 0) is 9.47 Å². The van der Waals surface area contributed by atoms with Crippen molar-refractivity contribution in [1.29, 1.82) is 0 Å². The molecule has 112 valence electrons. The van der Waals surface area contributed by atoms with Crippen molar-refractivity contribution in [3.63, 3.8) is 0 Å². The summed E-state index contributed by atoms with van der Waals surface area (Å²) >= 11 is 0. The molecule has 22 heavy (non-hydrogen) atoms.